The molecule has 0 heterocycles. The van der Waals surface area contributed by atoms with Crippen LogP contribution in [-0.4, -0.2) is 6.36 Å². The molecule has 0 radical (unpaired) electrons. The lowest BCUT2D eigenvalue weighted by molar-refractivity contribution is -0.274. The van der Waals surface area contributed by atoms with Crippen LogP contribution in [0, 0.1) is 5.92 Å². The summed E-state index contributed by atoms with van der Waals surface area (Å²) in [6.45, 7) is 3.81. The standard InChI is InChI=1S/C11H14F3NO/c1-7(2)10(15)8-4-3-5-9(6-8)16-11(12,13)14/h3-7,10H,15H2,1-2H3/t10-/m0/s1. The molecule has 2 N–H and O–H groups in total. The Morgan fingerprint density at radius 2 is 1.88 bits per heavy atom. The van der Waals surface area contributed by atoms with Gasteiger partial charge in [0, 0.05) is 6.04 Å². The zero-order chi connectivity index (χ0) is 12.3. The minimum Gasteiger partial charge on any atom is -0.406 e. The molecular weight excluding hydrogens is 219 g/mol. The third kappa shape index (κ3) is 3.73. The van der Waals surface area contributed by atoms with Crippen LogP contribution in [0.4, 0.5) is 13.2 Å². The van der Waals surface area contributed by atoms with Crippen LogP contribution in [-0.2, 0) is 0 Å². The summed E-state index contributed by atoms with van der Waals surface area (Å²) in [7, 11) is 0. The van der Waals surface area contributed by atoms with Crippen LogP contribution in [0.25, 0.3) is 0 Å². The van der Waals surface area contributed by atoms with Crippen molar-refractivity contribution in [2.24, 2.45) is 11.7 Å². The summed E-state index contributed by atoms with van der Waals surface area (Å²) in [5.41, 5.74) is 6.47. The van der Waals surface area contributed by atoms with E-state index in [1.54, 1.807) is 6.07 Å². The molecule has 5 heteroatoms. The maximum absolute atomic E-state index is 12.0. The number of rotatable bonds is 3. The predicted molar refractivity (Wildman–Crippen MR) is 54.9 cm³/mol. The van der Waals surface area contributed by atoms with E-state index in [-0.39, 0.29) is 17.7 Å². The highest BCUT2D eigenvalue weighted by Crippen LogP contribution is 2.26. The number of benzene rings is 1. The van der Waals surface area contributed by atoms with Gasteiger partial charge >= 0.3 is 6.36 Å². The molecule has 0 aliphatic rings. The molecule has 1 aromatic carbocycles. The van der Waals surface area contributed by atoms with E-state index in [0.29, 0.717) is 5.56 Å². The van der Waals surface area contributed by atoms with E-state index in [0.717, 1.165) is 0 Å². The van der Waals surface area contributed by atoms with Gasteiger partial charge in [0.1, 0.15) is 5.75 Å². The fourth-order valence-corrected chi connectivity index (χ4v) is 1.30. The molecule has 1 atom stereocenters. The van der Waals surface area contributed by atoms with Crippen LogP contribution in [0.5, 0.6) is 5.75 Å². The molecule has 0 aliphatic heterocycles. The van der Waals surface area contributed by atoms with Crippen molar-refractivity contribution in [1.29, 1.82) is 0 Å². The smallest absolute Gasteiger partial charge is 0.406 e. The van der Waals surface area contributed by atoms with Gasteiger partial charge in [-0.1, -0.05) is 26.0 Å². The Kier molecular flexibility index (Phi) is 3.80. The topological polar surface area (TPSA) is 35.2 Å². The molecular formula is C11H14F3NO. The van der Waals surface area contributed by atoms with Gasteiger partial charge in [-0.05, 0) is 23.6 Å². The third-order valence-corrected chi connectivity index (χ3v) is 2.19. The molecule has 0 saturated carbocycles. The maximum Gasteiger partial charge on any atom is 0.573 e. The van der Waals surface area contributed by atoms with E-state index in [2.05, 4.69) is 4.74 Å². The van der Waals surface area contributed by atoms with Gasteiger partial charge < -0.3 is 10.5 Å². The van der Waals surface area contributed by atoms with E-state index < -0.39 is 6.36 Å². The van der Waals surface area contributed by atoms with Crippen LogP contribution in [0.1, 0.15) is 25.5 Å². The Hall–Kier alpha value is -1.23. The second-order valence-corrected chi connectivity index (χ2v) is 3.89. The zero-order valence-electron chi connectivity index (χ0n) is 9.08. The molecule has 0 unspecified atom stereocenters. The second-order valence-electron chi connectivity index (χ2n) is 3.89. The predicted octanol–water partition coefficient (Wildman–Crippen LogP) is 3.24. The van der Waals surface area contributed by atoms with Gasteiger partial charge in [-0.25, -0.2) is 0 Å². The van der Waals surface area contributed by atoms with Crippen molar-refractivity contribution >= 4 is 0 Å². The van der Waals surface area contributed by atoms with E-state index >= 15 is 0 Å². The van der Waals surface area contributed by atoms with Crippen molar-refractivity contribution in [2.45, 2.75) is 26.3 Å². The minimum absolute atomic E-state index is 0.154. The highest BCUT2D eigenvalue weighted by atomic mass is 19.4. The van der Waals surface area contributed by atoms with Crippen molar-refractivity contribution in [3.8, 4) is 5.75 Å². The summed E-state index contributed by atoms with van der Waals surface area (Å²) >= 11 is 0. The minimum atomic E-state index is -4.67. The number of ether oxygens (including phenoxy) is 1. The van der Waals surface area contributed by atoms with Crippen molar-refractivity contribution in [3.63, 3.8) is 0 Å². The number of halogens is 3. The van der Waals surface area contributed by atoms with Gasteiger partial charge in [0.05, 0.1) is 0 Å². The molecule has 0 aromatic heterocycles. The van der Waals surface area contributed by atoms with E-state index in [1.165, 1.54) is 18.2 Å². The molecule has 0 fully saturated rings. The van der Waals surface area contributed by atoms with Crippen LogP contribution >= 0.6 is 0 Å². The SMILES string of the molecule is CC(C)[C@H](N)c1cccc(OC(F)(F)F)c1. The molecule has 90 valence electrons. The van der Waals surface area contributed by atoms with E-state index in [9.17, 15) is 13.2 Å². The highest BCUT2D eigenvalue weighted by Gasteiger charge is 2.31. The van der Waals surface area contributed by atoms with E-state index in [1.807, 2.05) is 13.8 Å². The van der Waals surface area contributed by atoms with Gasteiger partial charge in [0.2, 0.25) is 0 Å². The normalized spacial score (nSPS) is 13.9. The molecule has 0 aliphatic carbocycles. The van der Waals surface area contributed by atoms with Crippen molar-refractivity contribution in [3.05, 3.63) is 29.8 Å². The highest BCUT2D eigenvalue weighted by molar-refractivity contribution is 5.30. The molecule has 0 amide bonds. The van der Waals surface area contributed by atoms with Crippen LogP contribution < -0.4 is 10.5 Å². The van der Waals surface area contributed by atoms with Gasteiger partial charge in [-0.2, -0.15) is 0 Å². The van der Waals surface area contributed by atoms with Crippen molar-refractivity contribution in [2.75, 3.05) is 0 Å². The van der Waals surface area contributed by atoms with E-state index in [4.69, 9.17) is 5.73 Å². The Morgan fingerprint density at radius 1 is 1.25 bits per heavy atom. The fourth-order valence-electron chi connectivity index (χ4n) is 1.30. The van der Waals surface area contributed by atoms with Gasteiger partial charge in [0.25, 0.3) is 0 Å². The summed E-state index contributed by atoms with van der Waals surface area (Å²) in [6, 6.07) is 5.46. The summed E-state index contributed by atoms with van der Waals surface area (Å²) in [5.74, 6) is -0.0813. The lowest BCUT2D eigenvalue weighted by atomic mass is 9.97. The van der Waals surface area contributed by atoms with Crippen LogP contribution in [0.2, 0.25) is 0 Å². The zero-order valence-corrected chi connectivity index (χ0v) is 9.08. The van der Waals surface area contributed by atoms with Gasteiger partial charge in [-0.3, -0.25) is 0 Å². The Bertz CT molecular complexity index is 349. The number of nitrogens with two attached hydrogens (primary N) is 1. The average molecular weight is 233 g/mol. The van der Waals surface area contributed by atoms with Crippen molar-refractivity contribution < 1.29 is 17.9 Å². The second kappa shape index (κ2) is 4.74. The van der Waals surface area contributed by atoms with Crippen LogP contribution in [0.3, 0.4) is 0 Å². The first-order chi connectivity index (χ1) is 7.29. The lowest BCUT2D eigenvalue weighted by Crippen LogP contribution is -2.19. The average Bonchev–Trinajstić information content (AvgIpc) is 2.14. The third-order valence-electron chi connectivity index (χ3n) is 2.19. The summed E-state index contributed by atoms with van der Waals surface area (Å²) in [5, 5.41) is 0. The molecule has 2 nitrogen and oxygen atoms in total. The van der Waals surface area contributed by atoms with Crippen molar-refractivity contribution in [1.82, 2.24) is 0 Å². The molecule has 16 heavy (non-hydrogen) atoms. The summed E-state index contributed by atoms with van der Waals surface area (Å²) in [6.07, 6.45) is -4.67. The Balaban J connectivity index is 2.87. The number of hydrogen-bond donors (Lipinski definition) is 1. The summed E-state index contributed by atoms with van der Waals surface area (Å²) in [4.78, 5) is 0. The monoisotopic (exact) mass is 233 g/mol. The molecule has 1 rings (SSSR count). The summed E-state index contributed by atoms with van der Waals surface area (Å²) < 4.78 is 39.8. The van der Waals surface area contributed by atoms with Crippen LogP contribution in [0.15, 0.2) is 24.3 Å². The fraction of sp³-hybridized carbons (Fsp3) is 0.455. The largest absolute Gasteiger partial charge is 0.573 e. The first kappa shape index (κ1) is 12.8. The maximum atomic E-state index is 12.0. The lowest BCUT2D eigenvalue weighted by Gasteiger charge is -2.17. The Labute approximate surface area is 92.2 Å². The molecule has 0 saturated heterocycles. The molecule has 0 spiro atoms. The number of hydrogen-bond acceptors (Lipinski definition) is 2. The number of alkyl halides is 3. The Morgan fingerprint density at radius 3 is 2.38 bits per heavy atom. The quantitative estimate of drug-likeness (QED) is 0.869. The first-order valence-electron chi connectivity index (χ1n) is 4.91. The molecule has 0 bridgehead atoms. The van der Waals surface area contributed by atoms with Gasteiger partial charge in [-0.15, -0.1) is 13.2 Å². The molecule has 1 aromatic rings. The van der Waals surface area contributed by atoms with Gasteiger partial charge in [0.15, 0.2) is 0 Å². The first-order valence-corrected chi connectivity index (χ1v) is 4.91.